The molecule has 158 valence electrons. The second-order valence-electron chi connectivity index (χ2n) is 6.70. The second-order valence-corrected chi connectivity index (χ2v) is 6.70. The summed E-state index contributed by atoms with van der Waals surface area (Å²) in [7, 11) is 0. The van der Waals surface area contributed by atoms with Crippen LogP contribution < -0.4 is 0 Å². The number of carbonyl (C=O) groups is 4. The summed E-state index contributed by atoms with van der Waals surface area (Å²) in [4.78, 5) is 56.2. The number of para-hydroxylation sites is 1. The van der Waals surface area contributed by atoms with E-state index < -0.39 is 51.5 Å². The molecule has 4 rings (SSSR count). The highest BCUT2D eigenvalue weighted by Gasteiger charge is 2.31. The number of hydrogen-bond donors (Lipinski definition) is 4. The quantitative estimate of drug-likeness (QED) is 0.366. The van der Waals surface area contributed by atoms with Gasteiger partial charge in [-0.2, -0.15) is 0 Å². The molecule has 0 amide bonds. The van der Waals surface area contributed by atoms with Gasteiger partial charge in [0.25, 0.3) is 0 Å². The van der Waals surface area contributed by atoms with Gasteiger partial charge in [0.15, 0.2) is 0 Å². The number of carboxylic acids is 4. The molecule has 0 bridgehead atoms. The van der Waals surface area contributed by atoms with Gasteiger partial charge in [0, 0.05) is 10.8 Å². The van der Waals surface area contributed by atoms with Crippen LogP contribution in [0.25, 0.3) is 33.2 Å². The van der Waals surface area contributed by atoms with Crippen molar-refractivity contribution in [1.82, 2.24) is 9.97 Å². The molecular formula is C22H12N2O8. The Balaban J connectivity index is 2.20. The first kappa shape index (κ1) is 20.4. The minimum absolute atomic E-state index is 0.0599. The van der Waals surface area contributed by atoms with Gasteiger partial charge in [-0.25, -0.2) is 29.1 Å². The number of pyridine rings is 2. The minimum Gasteiger partial charge on any atom is -0.478 e. The maximum atomic E-state index is 12.1. The van der Waals surface area contributed by atoms with Gasteiger partial charge in [0.05, 0.1) is 33.4 Å². The number of carboxylic acid groups (broad SMARTS) is 4. The van der Waals surface area contributed by atoms with Gasteiger partial charge in [-0.3, -0.25) is 0 Å². The zero-order valence-corrected chi connectivity index (χ0v) is 15.9. The van der Waals surface area contributed by atoms with Crippen molar-refractivity contribution in [3.63, 3.8) is 0 Å². The molecule has 0 radical (unpaired) electrons. The Morgan fingerprint density at radius 2 is 1.25 bits per heavy atom. The van der Waals surface area contributed by atoms with Crippen molar-refractivity contribution in [2.75, 3.05) is 0 Å². The van der Waals surface area contributed by atoms with Gasteiger partial charge in [-0.1, -0.05) is 24.3 Å². The van der Waals surface area contributed by atoms with E-state index in [2.05, 4.69) is 9.97 Å². The Labute approximate surface area is 178 Å². The average Bonchev–Trinajstić information content (AvgIpc) is 2.75. The van der Waals surface area contributed by atoms with E-state index in [0.29, 0.717) is 5.52 Å². The largest absolute Gasteiger partial charge is 0.478 e. The maximum absolute atomic E-state index is 12.1. The Bertz CT molecular complexity index is 1490. The SMILES string of the molecule is O=C(O)c1ccc2nc(-c3ccc4ccccc4n3)c(C(=O)O)c(C(=O)O)c2c1C(=O)O. The van der Waals surface area contributed by atoms with Crippen LogP contribution in [0.2, 0.25) is 0 Å². The van der Waals surface area contributed by atoms with Crippen LogP contribution in [0.5, 0.6) is 0 Å². The lowest BCUT2D eigenvalue weighted by Crippen LogP contribution is -2.17. The van der Waals surface area contributed by atoms with Crippen LogP contribution in [0.3, 0.4) is 0 Å². The normalized spacial score (nSPS) is 10.9. The summed E-state index contributed by atoms with van der Waals surface area (Å²) in [6, 6.07) is 12.2. The van der Waals surface area contributed by atoms with Crippen molar-refractivity contribution < 1.29 is 39.6 Å². The molecule has 2 heterocycles. The van der Waals surface area contributed by atoms with Crippen LogP contribution >= 0.6 is 0 Å². The lowest BCUT2D eigenvalue weighted by Gasteiger charge is -2.15. The molecule has 10 heteroatoms. The van der Waals surface area contributed by atoms with Crippen molar-refractivity contribution >= 4 is 45.7 Å². The van der Waals surface area contributed by atoms with Crippen LogP contribution in [-0.2, 0) is 0 Å². The Hall–Kier alpha value is -4.86. The highest BCUT2D eigenvalue weighted by molar-refractivity contribution is 6.21. The van der Waals surface area contributed by atoms with Crippen LogP contribution in [0, 0.1) is 0 Å². The molecule has 0 spiro atoms. The van der Waals surface area contributed by atoms with Gasteiger partial charge in [-0.15, -0.1) is 0 Å². The molecule has 0 atom stereocenters. The molecule has 32 heavy (non-hydrogen) atoms. The molecule has 0 aliphatic rings. The zero-order valence-electron chi connectivity index (χ0n) is 15.9. The van der Waals surface area contributed by atoms with Crippen molar-refractivity contribution in [2.24, 2.45) is 0 Å². The molecule has 4 aromatic rings. The number of benzene rings is 2. The van der Waals surface area contributed by atoms with E-state index >= 15 is 0 Å². The summed E-state index contributed by atoms with van der Waals surface area (Å²) in [5, 5.41) is 38.8. The maximum Gasteiger partial charge on any atom is 0.338 e. The summed E-state index contributed by atoms with van der Waals surface area (Å²) >= 11 is 0. The topological polar surface area (TPSA) is 175 Å². The van der Waals surface area contributed by atoms with E-state index in [4.69, 9.17) is 0 Å². The number of aromatic carboxylic acids is 4. The number of rotatable bonds is 5. The Morgan fingerprint density at radius 3 is 1.88 bits per heavy atom. The monoisotopic (exact) mass is 432 g/mol. The molecule has 4 N–H and O–H groups in total. The average molecular weight is 432 g/mol. The summed E-state index contributed by atoms with van der Waals surface area (Å²) in [6.07, 6.45) is 0. The first-order valence-electron chi connectivity index (χ1n) is 9.00. The second kappa shape index (κ2) is 7.43. The standard InChI is InChI=1S/C22H12N2O8/c25-19(26)10-6-8-12-15(14(10)20(27)28)16(21(29)30)17(22(31)32)18(24-12)13-7-5-9-3-1-2-4-11(9)23-13/h1-8H,(H,25,26)(H,27,28)(H,29,30)(H,31,32). The lowest BCUT2D eigenvalue weighted by molar-refractivity contribution is 0.0647. The molecule has 2 aromatic carbocycles. The summed E-state index contributed by atoms with van der Waals surface area (Å²) in [5.41, 5.74) is -3.14. The van der Waals surface area contributed by atoms with Crippen molar-refractivity contribution in [2.45, 2.75) is 0 Å². The van der Waals surface area contributed by atoms with Crippen molar-refractivity contribution in [3.8, 4) is 11.4 Å². The molecule has 0 saturated heterocycles. The van der Waals surface area contributed by atoms with Crippen LogP contribution in [0.4, 0.5) is 0 Å². The van der Waals surface area contributed by atoms with E-state index in [9.17, 15) is 39.6 Å². The van der Waals surface area contributed by atoms with E-state index in [1.807, 2.05) is 0 Å². The van der Waals surface area contributed by atoms with Gasteiger partial charge in [0.2, 0.25) is 0 Å². The number of hydrogen-bond acceptors (Lipinski definition) is 6. The first-order chi connectivity index (χ1) is 15.2. The Kier molecular flexibility index (Phi) is 4.74. The van der Waals surface area contributed by atoms with Crippen LogP contribution in [-0.4, -0.2) is 54.3 Å². The summed E-state index contributed by atoms with van der Waals surface area (Å²) < 4.78 is 0. The fraction of sp³-hybridized carbons (Fsp3) is 0. The van der Waals surface area contributed by atoms with E-state index in [-0.39, 0.29) is 16.9 Å². The fourth-order valence-electron chi connectivity index (χ4n) is 3.56. The molecule has 2 aromatic heterocycles. The third-order valence-electron chi connectivity index (χ3n) is 4.87. The van der Waals surface area contributed by atoms with E-state index in [1.54, 1.807) is 30.3 Å². The summed E-state index contributed by atoms with van der Waals surface area (Å²) in [5.74, 6) is -6.77. The van der Waals surface area contributed by atoms with Crippen molar-refractivity contribution in [1.29, 1.82) is 0 Å². The molecule has 0 saturated carbocycles. The van der Waals surface area contributed by atoms with Crippen molar-refractivity contribution in [3.05, 3.63) is 70.8 Å². The Morgan fingerprint density at radius 1 is 0.594 bits per heavy atom. The van der Waals surface area contributed by atoms with Crippen LogP contribution in [0.15, 0.2) is 48.5 Å². The summed E-state index contributed by atoms with van der Waals surface area (Å²) in [6.45, 7) is 0. The molecule has 0 aliphatic carbocycles. The molecule has 0 unspecified atom stereocenters. The minimum atomic E-state index is -1.75. The van der Waals surface area contributed by atoms with Gasteiger partial charge in [-0.05, 0) is 24.3 Å². The zero-order chi connectivity index (χ0) is 23.2. The predicted octanol–water partition coefficient (Wildman–Crippen LogP) is 3.24. The number of aromatic nitrogens is 2. The highest BCUT2D eigenvalue weighted by atomic mass is 16.4. The van der Waals surface area contributed by atoms with Gasteiger partial charge in [0.1, 0.15) is 11.3 Å². The third kappa shape index (κ3) is 3.16. The fourth-order valence-corrected chi connectivity index (χ4v) is 3.56. The molecule has 10 nitrogen and oxygen atoms in total. The third-order valence-corrected chi connectivity index (χ3v) is 4.87. The van der Waals surface area contributed by atoms with Gasteiger partial charge < -0.3 is 20.4 Å². The molecule has 0 fully saturated rings. The number of fused-ring (bicyclic) bond motifs is 2. The predicted molar refractivity (Wildman–Crippen MR) is 110 cm³/mol. The first-order valence-corrected chi connectivity index (χ1v) is 9.00. The molecule has 0 aliphatic heterocycles. The lowest BCUT2D eigenvalue weighted by atomic mass is 9.92. The molecular weight excluding hydrogens is 420 g/mol. The highest BCUT2D eigenvalue weighted by Crippen LogP contribution is 2.34. The van der Waals surface area contributed by atoms with E-state index in [1.165, 1.54) is 6.07 Å². The number of nitrogens with zero attached hydrogens (tertiary/aromatic N) is 2. The van der Waals surface area contributed by atoms with Crippen LogP contribution in [0.1, 0.15) is 41.4 Å². The van der Waals surface area contributed by atoms with Gasteiger partial charge >= 0.3 is 23.9 Å². The smallest absolute Gasteiger partial charge is 0.338 e. The van der Waals surface area contributed by atoms with E-state index in [0.717, 1.165) is 17.5 Å².